The summed E-state index contributed by atoms with van der Waals surface area (Å²) in [6.07, 6.45) is 0.918. The van der Waals surface area contributed by atoms with E-state index in [0.29, 0.717) is 12.5 Å². The highest BCUT2D eigenvalue weighted by molar-refractivity contribution is 5.79. The Balaban J connectivity index is 2.42. The van der Waals surface area contributed by atoms with E-state index >= 15 is 0 Å². The van der Waals surface area contributed by atoms with Gasteiger partial charge in [-0.15, -0.1) is 0 Å². The summed E-state index contributed by atoms with van der Waals surface area (Å²) < 4.78 is 4.97. The molecule has 0 heterocycles. The van der Waals surface area contributed by atoms with E-state index in [1.807, 2.05) is 6.07 Å². The number of guanidine groups is 1. The van der Waals surface area contributed by atoms with Gasteiger partial charge in [0.1, 0.15) is 0 Å². The number of hydrogen-bond acceptors (Lipinski definition) is 3. The van der Waals surface area contributed by atoms with Gasteiger partial charge in [0.2, 0.25) is 5.96 Å². The van der Waals surface area contributed by atoms with Gasteiger partial charge in [0, 0.05) is 20.3 Å². The highest BCUT2D eigenvalue weighted by Crippen LogP contribution is 2.04. The average Bonchev–Trinajstić information content (AvgIpc) is 2.38. The van der Waals surface area contributed by atoms with Gasteiger partial charge in [0.25, 0.3) is 0 Å². The third-order valence-electron chi connectivity index (χ3n) is 2.46. The van der Waals surface area contributed by atoms with Crippen molar-refractivity contribution in [2.75, 3.05) is 20.3 Å². The van der Waals surface area contributed by atoms with Crippen molar-refractivity contribution in [1.29, 1.82) is 0 Å². The summed E-state index contributed by atoms with van der Waals surface area (Å²) in [4.78, 5) is 4.38. The summed E-state index contributed by atoms with van der Waals surface area (Å²) >= 11 is 0. The Bertz CT molecular complexity index is 379. The lowest BCUT2D eigenvalue weighted by molar-refractivity contribution is 0.195. The van der Waals surface area contributed by atoms with Crippen LogP contribution in [0.15, 0.2) is 29.3 Å². The van der Waals surface area contributed by atoms with Gasteiger partial charge < -0.3 is 10.1 Å². The van der Waals surface area contributed by atoms with Crippen molar-refractivity contribution < 1.29 is 4.74 Å². The van der Waals surface area contributed by atoms with E-state index in [4.69, 9.17) is 10.6 Å². The van der Waals surface area contributed by atoms with Crippen LogP contribution in [0.3, 0.4) is 0 Å². The Labute approximate surface area is 108 Å². The fourth-order valence-electron chi connectivity index (χ4n) is 1.56. The molecule has 5 heteroatoms. The van der Waals surface area contributed by atoms with E-state index in [9.17, 15) is 0 Å². The Morgan fingerprint density at radius 1 is 1.44 bits per heavy atom. The fraction of sp³-hybridized carbons (Fsp3) is 0.462. The van der Waals surface area contributed by atoms with E-state index in [0.717, 1.165) is 19.6 Å². The molecular formula is C13H22N4O. The largest absolute Gasteiger partial charge is 0.385 e. The first-order valence-corrected chi connectivity index (χ1v) is 6.05. The van der Waals surface area contributed by atoms with Crippen LogP contribution in [0.4, 0.5) is 0 Å². The van der Waals surface area contributed by atoms with Gasteiger partial charge in [-0.1, -0.05) is 29.8 Å². The fourth-order valence-corrected chi connectivity index (χ4v) is 1.56. The van der Waals surface area contributed by atoms with Crippen LogP contribution in [-0.4, -0.2) is 26.2 Å². The van der Waals surface area contributed by atoms with Gasteiger partial charge in [0.05, 0.1) is 6.54 Å². The molecule has 0 fully saturated rings. The Hall–Kier alpha value is -1.59. The number of nitrogens with zero attached hydrogens (tertiary/aromatic N) is 1. The summed E-state index contributed by atoms with van der Waals surface area (Å²) in [6, 6.07) is 8.26. The zero-order valence-electron chi connectivity index (χ0n) is 11.1. The number of methoxy groups -OCH3 is 1. The lowest BCUT2D eigenvalue weighted by Gasteiger charge is -2.09. The van der Waals surface area contributed by atoms with Crippen molar-refractivity contribution in [2.45, 2.75) is 19.9 Å². The second kappa shape index (κ2) is 8.49. The molecule has 0 aliphatic heterocycles. The molecule has 0 aliphatic rings. The molecule has 0 aromatic heterocycles. The van der Waals surface area contributed by atoms with Crippen LogP contribution >= 0.6 is 0 Å². The molecule has 0 atom stereocenters. The molecule has 0 saturated carbocycles. The van der Waals surface area contributed by atoms with E-state index in [-0.39, 0.29) is 0 Å². The van der Waals surface area contributed by atoms with Gasteiger partial charge in [-0.05, 0) is 18.9 Å². The maximum absolute atomic E-state index is 5.41. The van der Waals surface area contributed by atoms with E-state index in [1.165, 1.54) is 11.1 Å². The van der Waals surface area contributed by atoms with Crippen LogP contribution in [-0.2, 0) is 11.3 Å². The molecule has 5 nitrogen and oxygen atoms in total. The first kappa shape index (κ1) is 14.5. The third-order valence-corrected chi connectivity index (χ3v) is 2.46. The van der Waals surface area contributed by atoms with Gasteiger partial charge >= 0.3 is 0 Å². The summed E-state index contributed by atoms with van der Waals surface area (Å²) in [5, 5.41) is 3.12. The molecule has 100 valence electrons. The molecule has 0 saturated heterocycles. The van der Waals surface area contributed by atoms with Crippen LogP contribution in [0.5, 0.6) is 0 Å². The maximum Gasteiger partial charge on any atom is 0.206 e. The van der Waals surface area contributed by atoms with Crippen molar-refractivity contribution >= 4 is 5.96 Å². The molecule has 0 radical (unpaired) electrons. The molecule has 0 aliphatic carbocycles. The summed E-state index contributed by atoms with van der Waals surface area (Å²) in [6.45, 7) is 4.18. The Morgan fingerprint density at radius 2 is 2.28 bits per heavy atom. The summed E-state index contributed by atoms with van der Waals surface area (Å²) in [5.74, 6) is 6.01. The van der Waals surface area contributed by atoms with Gasteiger partial charge in [-0.25, -0.2) is 10.8 Å². The van der Waals surface area contributed by atoms with Crippen LogP contribution < -0.4 is 16.6 Å². The standard InChI is InChI=1S/C13H22N4O/c1-11-5-3-6-12(9-11)10-16-13(17-14)15-7-4-8-18-2/h3,5-6,9H,4,7-8,10,14H2,1-2H3,(H2,15,16,17). The molecule has 0 bridgehead atoms. The number of aliphatic imine (C=N–C) groups is 1. The molecule has 1 aromatic rings. The van der Waals surface area contributed by atoms with Crippen LogP contribution in [0.2, 0.25) is 0 Å². The maximum atomic E-state index is 5.41. The number of aryl methyl sites for hydroxylation is 1. The first-order chi connectivity index (χ1) is 8.76. The normalized spacial score (nSPS) is 11.4. The van der Waals surface area contributed by atoms with Crippen LogP contribution in [0.25, 0.3) is 0 Å². The second-order valence-corrected chi connectivity index (χ2v) is 4.07. The number of ether oxygens (including phenoxy) is 1. The zero-order chi connectivity index (χ0) is 13.2. The number of hydrazine groups is 1. The highest BCUT2D eigenvalue weighted by Gasteiger charge is 1.96. The van der Waals surface area contributed by atoms with Gasteiger partial charge in [-0.3, -0.25) is 5.43 Å². The smallest absolute Gasteiger partial charge is 0.206 e. The quantitative estimate of drug-likeness (QED) is 0.231. The molecule has 1 rings (SSSR count). The average molecular weight is 250 g/mol. The summed E-state index contributed by atoms with van der Waals surface area (Å²) in [7, 11) is 1.69. The zero-order valence-corrected chi connectivity index (χ0v) is 11.1. The van der Waals surface area contributed by atoms with E-state index in [2.05, 4.69) is 40.9 Å². The Kier molecular flexibility index (Phi) is 6.83. The topological polar surface area (TPSA) is 71.7 Å². The van der Waals surface area contributed by atoms with Gasteiger partial charge in [-0.2, -0.15) is 0 Å². The highest BCUT2D eigenvalue weighted by atomic mass is 16.5. The van der Waals surface area contributed by atoms with Gasteiger partial charge in [0.15, 0.2) is 0 Å². The minimum absolute atomic E-state index is 0.604. The van der Waals surface area contributed by atoms with Crippen LogP contribution in [0, 0.1) is 6.92 Å². The number of nitrogens with two attached hydrogens (primary N) is 1. The van der Waals surface area contributed by atoms with Crippen molar-refractivity contribution in [3.8, 4) is 0 Å². The minimum Gasteiger partial charge on any atom is -0.385 e. The molecule has 0 amide bonds. The monoisotopic (exact) mass is 250 g/mol. The lowest BCUT2D eigenvalue weighted by atomic mass is 10.1. The lowest BCUT2D eigenvalue weighted by Crippen LogP contribution is -2.42. The van der Waals surface area contributed by atoms with Crippen molar-refractivity contribution in [3.63, 3.8) is 0 Å². The summed E-state index contributed by atoms with van der Waals surface area (Å²) in [5.41, 5.74) is 4.96. The number of nitrogens with one attached hydrogen (secondary N) is 2. The first-order valence-electron chi connectivity index (χ1n) is 6.05. The van der Waals surface area contributed by atoms with E-state index in [1.54, 1.807) is 7.11 Å². The van der Waals surface area contributed by atoms with Crippen molar-refractivity contribution in [1.82, 2.24) is 10.7 Å². The van der Waals surface area contributed by atoms with E-state index < -0.39 is 0 Å². The molecule has 1 aromatic carbocycles. The third kappa shape index (κ3) is 5.65. The van der Waals surface area contributed by atoms with Crippen LogP contribution in [0.1, 0.15) is 17.5 Å². The van der Waals surface area contributed by atoms with Crippen molar-refractivity contribution in [3.05, 3.63) is 35.4 Å². The SMILES string of the molecule is COCCCNC(=NCc1cccc(C)c1)NN. The number of rotatable bonds is 6. The Morgan fingerprint density at radius 3 is 2.94 bits per heavy atom. The molecular weight excluding hydrogens is 228 g/mol. The minimum atomic E-state index is 0.604. The van der Waals surface area contributed by atoms with Crippen molar-refractivity contribution in [2.24, 2.45) is 10.8 Å². The second-order valence-electron chi connectivity index (χ2n) is 4.07. The number of benzene rings is 1. The number of hydrogen-bond donors (Lipinski definition) is 3. The predicted molar refractivity (Wildman–Crippen MR) is 74.1 cm³/mol. The predicted octanol–water partition coefficient (Wildman–Crippen LogP) is 0.940. The molecule has 0 spiro atoms. The molecule has 18 heavy (non-hydrogen) atoms. The molecule has 4 N–H and O–H groups in total. The molecule has 0 unspecified atom stereocenters.